The molecule has 2 aliphatic rings. The fourth-order valence-electron chi connectivity index (χ4n) is 2.68. The average Bonchev–Trinajstić information content (AvgIpc) is 2.64. The Morgan fingerprint density at radius 1 is 1.35 bits per heavy atom. The molecule has 1 aromatic rings. The Hall–Kier alpha value is -1.84. The summed E-state index contributed by atoms with van der Waals surface area (Å²) in [6.07, 6.45) is 0.857. The number of ether oxygens (including phenoxy) is 1. The quantitative estimate of drug-likeness (QED) is 0.680. The van der Waals surface area contributed by atoms with Gasteiger partial charge in [-0.05, 0) is 29.7 Å². The molecule has 3 rings (SSSR count). The molecule has 1 atom stereocenters. The number of fused-ring (bicyclic) bond motifs is 3. The van der Waals surface area contributed by atoms with Crippen LogP contribution in [-0.4, -0.2) is 30.2 Å². The van der Waals surface area contributed by atoms with Gasteiger partial charge < -0.3 is 9.64 Å². The fraction of sp³-hybridized carbons (Fsp3) is 0.385. The molecule has 17 heavy (non-hydrogen) atoms. The Bertz CT molecular complexity index is 509. The minimum Gasteiger partial charge on any atom is -0.497 e. The second kappa shape index (κ2) is 3.58. The molecule has 0 radical (unpaired) electrons. The number of methoxy groups -OCH3 is 1. The number of hydrogen-bond donors (Lipinski definition) is 0. The van der Waals surface area contributed by atoms with Gasteiger partial charge in [0.1, 0.15) is 11.8 Å². The number of benzene rings is 1. The molecule has 0 spiro atoms. The van der Waals surface area contributed by atoms with Gasteiger partial charge in [-0.2, -0.15) is 0 Å². The highest BCUT2D eigenvalue weighted by molar-refractivity contribution is 6.08. The molecule has 1 fully saturated rings. The first-order chi connectivity index (χ1) is 8.20. The predicted molar refractivity (Wildman–Crippen MR) is 60.8 cm³/mol. The number of carbonyl (C=O) groups excluding carboxylic acids is 2. The van der Waals surface area contributed by atoms with Crippen LogP contribution in [-0.2, 0) is 16.0 Å². The summed E-state index contributed by atoms with van der Waals surface area (Å²) in [4.78, 5) is 25.2. The summed E-state index contributed by atoms with van der Waals surface area (Å²) in [7, 11) is 1.60. The number of amides is 1. The van der Waals surface area contributed by atoms with E-state index in [2.05, 4.69) is 0 Å². The Morgan fingerprint density at radius 3 is 2.94 bits per heavy atom. The van der Waals surface area contributed by atoms with Crippen molar-refractivity contribution in [3.63, 3.8) is 0 Å². The number of hydrogen-bond acceptors (Lipinski definition) is 3. The summed E-state index contributed by atoms with van der Waals surface area (Å²) >= 11 is 0. The lowest BCUT2D eigenvalue weighted by Crippen LogP contribution is -2.35. The fourth-order valence-corrected chi connectivity index (χ4v) is 2.68. The zero-order valence-corrected chi connectivity index (χ0v) is 9.60. The van der Waals surface area contributed by atoms with Crippen LogP contribution in [0, 0.1) is 0 Å². The molecule has 1 amide bonds. The van der Waals surface area contributed by atoms with E-state index >= 15 is 0 Å². The predicted octanol–water partition coefficient (Wildman–Crippen LogP) is 1.09. The Labute approximate surface area is 99.2 Å². The third-order valence-corrected chi connectivity index (χ3v) is 3.53. The zero-order valence-electron chi connectivity index (χ0n) is 9.60. The van der Waals surface area contributed by atoms with Crippen LogP contribution in [0.25, 0.3) is 0 Å². The summed E-state index contributed by atoms with van der Waals surface area (Å²) in [6, 6.07) is 5.39. The summed E-state index contributed by atoms with van der Waals surface area (Å²) in [5.74, 6) is 0.690. The second-order valence-corrected chi connectivity index (χ2v) is 4.45. The van der Waals surface area contributed by atoms with Crippen LogP contribution in [0.3, 0.4) is 0 Å². The summed E-state index contributed by atoms with van der Waals surface area (Å²) in [5, 5.41) is 0. The maximum atomic E-state index is 11.9. The van der Waals surface area contributed by atoms with Crippen molar-refractivity contribution in [1.29, 1.82) is 0 Å². The van der Waals surface area contributed by atoms with Crippen molar-refractivity contribution in [1.82, 2.24) is 4.90 Å². The van der Waals surface area contributed by atoms with Gasteiger partial charge in [-0.15, -0.1) is 0 Å². The lowest BCUT2D eigenvalue weighted by molar-refractivity contribution is -0.129. The molecule has 1 unspecified atom stereocenters. The standard InChI is InChI=1S/C13H13NO3/c1-17-9-3-2-8-4-5-14-12(16)7-11(15)13(14)10(8)6-9/h2-3,6,13H,4-5,7H2,1H3. The average molecular weight is 231 g/mol. The van der Waals surface area contributed by atoms with Gasteiger partial charge in [-0.3, -0.25) is 9.59 Å². The largest absolute Gasteiger partial charge is 0.497 e. The van der Waals surface area contributed by atoms with E-state index in [0.717, 1.165) is 23.3 Å². The van der Waals surface area contributed by atoms with Crippen molar-refractivity contribution in [2.24, 2.45) is 0 Å². The van der Waals surface area contributed by atoms with E-state index in [1.807, 2.05) is 18.2 Å². The van der Waals surface area contributed by atoms with Crippen LogP contribution in [0.4, 0.5) is 0 Å². The molecule has 0 N–H and O–H groups in total. The van der Waals surface area contributed by atoms with E-state index in [0.29, 0.717) is 6.54 Å². The van der Waals surface area contributed by atoms with Crippen LogP contribution in [0.2, 0.25) is 0 Å². The topological polar surface area (TPSA) is 46.6 Å². The van der Waals surface area contributed by atoms with E-state index in [9.17, 15) is 9.59 Å². The van der Waals surface area contributed by atoms with Gasteiger partial charge >= 0.3 is 0 Å². The van der Waals surface area contributed by atoms with Crippen LogP contribution < -0.4 is 4.74 Å². The van der Waals surface area contributed by atoms with Crippen LogP contribution in [0.5, 0.6) is 5.75 Å². The summed E-state index contributed by atoms with van der Waals surface area (Å²) in [6.45, 7) is 0.647. The lowest BCUT2D eigenvalue weighted by atomic mass is 9.92. The highest BCUT2D eigenvalue weighted by atomic mass is 16.5. The van der Waals surface area contributed by atoms with Crippen molar-refractivity contribution in [3.05, 3.63) is 29.3 Å². The molecule has 0 aromatic heterocycles. The molecule has 0 saturated carbocycles. The van der Waals surface area contributed by atoms with Crippen molar-refractivity contribution >= 4 is 11.7 Å². The number of nitrogens with zero attached hydrogens (tertiary/aromatic N) is 1. The second-order valence-electron chi connectivity index (χ2n) is 4.45. The molecule has 1 saturated heterocycles. The molecular formula is C13H13NO3. The Kier molecular flexibility index (Phi) is 2.18. The van der Waals surface area contributed by atoms with Gasteiger partial charge in [-0.25, -0.2) is 0 Å². The van der Waals surface area contributed by atoms with Gasteiger partial charge in [0.05, 0.1) is 13.5 Å². The van der Waals surface area contributed by atoms with Crippen molar-refractivity contribution < 1.29 is 14.3 Å². The van der Waals surface area contributed by atoms with Crippen LogP contribution in [0.1, 0.15) is 23.6 Å². The van der Waals surface area contributed by atoms with Crippen LogP contribution in [0.15, 0.2) is 18.2 Å². The maximum Gasteiger partial charge on any atom is 0.231 e. The minimum atomic E-state index is -0.374. The molecule has 2 aliphatic heterocycles. The number of ketones is 1. The first kappa shape index (κ1) is 10.3. The monoisotopic (exact) mass is 231 g/mol. The molecule has 0 aliphatic carbocycles. The number of rotatable bonds is 1. The number of Topliss-reactive ketones (excluding diaryl/α,β-unsaturated/α-hetero) is 1. The highest BCUT2D eigenvalue weighted by Crippen LogP contribution is 2.37. The van der Waals surface area contributed by atoms with Crippen molar-refractivity contribution in [3.8, 4) is 5.75 Å². The summed E-state index contributed by atoms with van der Waals surface area (Å²) in [5.41, 5.74) is 2.08. The van der Waals surface area contributed by atoms with E-state index in [1.54, 1.807) is 12.0 Å². The van der Waals surface area contributed by atoms with Gasteiger partial charge in [0, 0.05) is 6.54 Å². The molecule has 88 valence electrons. The lowest BCUT2D eigenvalue weighted by Gasteiger charge is -2.31. The van der Waals surface area contributed by atoms with Crippen molar-refractivity contribution in [2.75, 3.05) is 13.7 Å². The third-order valence-electron chi connectivity index (χ3n) is 3.53. The van der Waals surface area contributed by atoms with E-state index in [4.69, 9.17) is 4.74 Å². The zero-order chi connectivity index (χ0) is 12.0. The van der Waals surface area contributed by atoms with E-state index in [1.165, 1.54) is 0 Å². The maximum absolute atomic E-state index is 11.9. The highest BCUT2D eigenvalue weighted by Gasteiger charge is 2.42. The molecule has 1 aromatic carbocycles. The smallest absolute Gasteiger partial charge is 0.231 e. The van der Waals surface area contributed by atoms with Gasteiger partial charge in [0.25, 0.3) is 0 Å². The van der Waals surface area contributed by atoms with Gasteiger partial charge in [-0.1, -0.05) is 6.07 Å². The van der Waals surface area contributed by atoms with Gasteiger partial charge in [0.15, 0.2) is 5.78 Å². The van der Waals surface area contributed by atoms with E-state index < -0.39 is 0 Å². The molecule has 0 bridgehead atoms. The van der Waals surface area contributed by atoms with Crippen LogP contribution >= 0.6 is 0 Å². The Morgan fingerprint density at radius 2 is 2.18 bits per heavy atom. The first-order valence-electron chi connectivity index (χ1n) is 5.69. The normalized spacial score (nSPS) is 22.4. The molecular weight excluding hydrogens is 218 g/mol. The first-order valence-corrected chi connectivity index (χ1v) is 5.69. The van der Waals surface area contributed by atoms with Gasteiger partial charge in [0.2, 0.25) is 5.91 Å². The Balaban J connectivity index is 2.10. The number of carbonyl (C=O) groups is 2. The minimum absolute atomic E-state index is 0.00389. The summed E-state index contributed by atoms with van der Waals surface area (Å²) < 4.78 is 5.18. The molecule has 4 heteroatoms. The SMILES string of the molecule is COc1ccc2c(c1)C1C(=O)CC(=O)N1CC2. The molecule has 4 nitrogen and oxygen atoms in total. The van der Waals surface area contributed by atoms with E-state index in [-0.39, 0.29) is 24.2 Å². The third kappa shape index (κ3) is 1.44. The van der Waals surface area contributed by atoms with Crippen molar-refractivity contribution in [2.45, 2.75) is 18.9 Å². The molecule has 2 heterocycles.